The summed E-state index contributed by atoms with van der Waals surface area (Å²) in [5.74, 6) is -0.609. The summed E-state index contributed by atoms with van der Waals surface area (Å²) in [6.45, 7) is 7.91. The highest BCUT2D eigenvalue weighted by molar-refractivity contribution is 5.05. The van der Waals surface area contributed by atoms with Gasteiger partial charge in [-0.25, -0.2) is 0 Å². The molecular formula is C18H32O9. The summed E-state index contributed by atoms with van der Waals surface area (Å²) < 4.78 is 45.5. The predicted octanol–water partition coefficient (Wildman–Crippen LogP) is 0.0806. The van der Waals surface area contributed by atoms with Gasteiger partial charge in [0.25, 0.3) is 0 Å². The Bertz CT molecular complexity index is 447. The average Bonchev–Trinajstić information content (AvgIpc) is 3.14. The van der Waals surface area contributed by atoms with Crippen LogP contribution in [-0.2, 0) is 37.9 Å². The highest BCUT2D eigenvalue weighted by atomic mass is 16.8. The summed E-state index contributed by atoms with van der Waals surface area (Å²) in [6.07, 6.45) is 0.222. The maximum Gasteiger partial charge on any atom is 0.163 e. The molecule has 3 rings (SSSR count). The normalized spacial score (nSPS) is 34.1. The first kappa shape index (κ1) is 21.4. The van der Waals surface area contributed by atoms with Crippen LogP contribution in [0, 0.1) is 0 Å². The van der Waals surface area contributed by atoms with Crippen molar-refractivity contribution in [2.45, 2.75) is 50.2 Å². The fourth-order valence-electron chi connectivity index (χ4n) is 3.60. The van der Waals surface area contributed by atoms with Crippen LogP contribution in [0.3, 0.4) is 0 Å². The molecule has 3 heterocycles. The Morgan fingerprint density at radius 2 is 1.48 bits per heavy atom. The molecule has 4 unspecified atom stereocenters. The van der Waals surface area contributed by atoms with Gasteiger partial charge in [-0.05, 0) is 13.8 Å². The first-order valence-electron chi connectivity index (χ1n) is 9.62. The lowest BCUT2D eigenvalue weighted by molar-refractivity contribution is -0.204. The zero-order valence-electron chi connectivity index (χ0n) is 16.2. The highest BCUT2D eigenvalue weighted by Gasteiger charge is 2.61. The van der Waals surface area contributed by atoms with Crippen molar-refractivity contribution in [1.29, 1.82) is 0 Å². The number of hydrogen-bond acceptors (Lipinski definition) is 9. The SMILES string of the molecule is CC1(C)OC2CC3OCC(COCCOCCOCCOCCO)(O3)C2O1. The molecular weight excluding hydrogens is 360 g/mol. The lowest BCUT2D eigenvalue weighted by Gasteiger charge is -2.38. The molecule has 27 heavy (non-hydrogen) atoms. The average molecular weight is 392 g/mol. The van der Waals surface area contributed by atoms with Gasteiger partial charge in [0, 0.05) is 6.42 Å². The van der Waals surface area contributed by atoms with E-state index < -0.39 is 11.4 Å². The lowest BCUT2D eigenvalue weighted by atomic mass is 9.91. The van der Waals surface area contributed by atoms with E-state index in [-0.39, 0.29) is 25.1 Å². The van der Waals surface area contributed by atoms with Crippen LogP contribution in [0.4, 0.5) is 0 Å². The van der Waals surface area contributed by atoms with Gasteiger partial charge in [0.15, 0.2) is 12.1 Å². The third-order valence-corrected chi connectivity index (χ3v) is 4.70. The number of ether oxygens (including phenoxy) is 8. The van der Waals surface area contributed by atoms with E-state index in [0.717, 1.165) is 0 Å². The van der Waals surface area contributed by atoms with Crippen LogP contribution in [0.2, 0.25) is 0 Å². The minimum Gasteiger partial charge on any atom is -0.394 e. The third-order valence-electron chi connectivity index (χ3n) is 4.70. The van der Waals surface area contributed by atoms with Gasteiger partial charge in [0.1, 0.15) is 11.7 Å². The molecule has 9 heteroatoms. The number of hydrogen-bond donors (Lipinski definition) is 1. The molecule has 1 N–H and O–H groups in total. The van der Waals surface area contributed by atoms with Crippen LogP contribution < -0.4 is 0 Å². The standard InChI is InChI=1S/C18H32O9/c1-17(2)25-14-11-15-24-13-18(26-15,16(14)27-17)12-23-10-9-22-8-7-21-6-5-20-4-3-19/h14-16,19H,3-13H2,1-2H3. The summed E-state index contributed by atoms with van der Waals surface area (Å²) in [5, 5.41) is 8.57. The molecule has 0 saturated carbocycles. The number of aliphatic hydroxyl groups excluding tert-OH is 1. The Labute approximate surface area is 160 Å². The maximum absolute atomic E-state index is 8.57. The van der Waals surface area contributed by atoms with E-state index in [1.807, 2.05) is 13.8 Å². The van der Waals surface area contributed by atoms with Crippen LogP contribution in [0.25, 0.3) is 0 Å². The predicted molar refractivity (Wildman–Crippen MR) is 92.4 cm³/mol. The van der Waals surface area contributed by atoms with E-state index in [1.54, 1.807) is 0 Å². The molecule has 2 bridgehead atoms. The molecule has 0 radical (unpaired) electrons. The first-order valence-corrected chi connectivity index (χ1v) is 9.62. The molecule has 3 fully saturated rings. The zero-order chi connectivity index (χ0) is 19.2. The summed E-state index contributed by atoms with van der Waals surface area (Å²) in [7, 11) is 0. The molecule has 3 saturated heterocycles. The Hall–Kier alpha value is -0.360. The largest absolute Gasteiger partial charge is 0.394 e. The van der Waals surface area contributed by atoms with Crippen molar-refractivity contribution in [2.75, 3.05) is 66.1 Å². The van der Waals surface area contributed by atoms with Crippen LogP contribution >= 0.6 is 0 Å². The molecule has 158 valence electrons. The van der Waals surface area contributed by atoms with Crippen molar-refractivity contribution in [2.24, 2.45) is 0 Å². The summed E-state index contributed by atoms with van der Waals surface area (Å²) in [4.78, 5) is 0. The number of rotatable bonds is 13. The van der Waals surface area contributed by atoms with Gasteiger partial charge in [0.05, 0.1) is 72.2 Å². The highest BCUT2D eigenvalue weighted by Crippen LogP contribution is 2.46. The van der Waals surface area contributed by atoms with Gasteiger partial charge in [-0.2, -0.15) is 0 Å². The van der Waals surface area contributed by atoms with Gasteiger partial charge in [-0.3, -0.25) is 0 Å². The van der Waals surface area contributed by atoms with E-state index in [1.165, 1.54) is 0 Å². The molecule has 0 spiro atoms. The fraction of sp³-hybridized carbons (Fsp3) is 1.00. The van der Waals surface area contributed by atoms with Crippen LogP contribution in [0.15, 0.2) is 0 Å². The smallest absolute Gasteiger partial charge is 0.163 e. The van der Waals surface area contributed by atoms with Crippen molar-refractivity contribution >= 4 is 0 Å². The van der Waals surface area contributed by atoms with Crippen LogP contribution in [-0.4, -0.2) is 101 Å². The quantitative estimate of drug-likeness (QED) is 0.437. The first-order chi connectivity index (χ1) is 13.0. The molecule has 0 aromatic rings. The second-order valence-electron chi connectivity index (χ2n) is 7.37. The second-order valence-corrected chi connectivity index (χ2v) is 7.37. The van der Waals surface area contributed by atoms with E-state index >= 15 is 0 Å². The zero-order valence-corrected chi connectivity index (χ0v) is 16.2. The Morgan fingerprint density at radius 1 is 0.852 bits per heavy atom. The topological polar surface area (TPSA) is 94.1 Å². The van der Waals surface area contributed by atoms with Crippen molar-refractivity contribution in [3.63, 3.8) is 0 Å². The Kier molecular flexibility index (Phi) is 7.83. The molecule has 0 aliphatic carbocycles. The maximum atomic E-state index is 8.57. The van der Waals surface area contributed by atoms with E-state index in [9.17, 15) is 0 Å². The third kappa shape index (κ3) is 5.81. The van der Waals surface area contributed by atoms with Gasteiger partial charge in [-0.1, -0.05) is 0 Å². The fourth-order valence-corrected chi connectivity index (χ4v) is 3.60. The lowest BCUT2D eigenvalue weighted by Crippen LogP contribution is -2.56. The Morgan fingerprint density at radius 3 is 2.15 bits per heavy atom. The van der Waals surface area contributed by atoms with Gasteiger partial charge in [0.2, 0.25) is 0 Å². The van der Waals surface area contributed by atoms with E-state index in [2.05, 4.69) is 0 Å². The molecule has 0 aromatic heterocycles. The second kappa shape index (κ2) is 9.91. The molecule has 3 aliphatic heterocycles. The minimum atomic E-state index is -0.612. The summed E-state index contributed by atoms with van der Waals surface area (Å²) in [6, 6.07) is 0. The molecule has 3 aliphatic rings. The van der Waals surface area contributed by atoms with Crippen LogP contribution in [0.1, 0.15) is 20.3 Å². The van der Waals surface area contributed by atoms with Crippen molar-refractivity contribution in [1.82, 2.24) is 0 Å². The van der Waals surface area contributed by atoms with Gasteiger partial charge in [-0.15, -0.1) is 0 Å². The van der Waals surface area contributed by atoms with Crippen LogP contribution in [0.5, 0.6) is 0 Å². The molecule has 9 nitrogen and oxygen atoms in total. The van der Waals surface area contributed by atoms with Gasteiger partial charge >= 0.3 is 0 Å². The Balaban J connectivity index is 1.26. The minimum absolute atomic E-state index is 0.0281. The monoisotopic (exact) mass is 392 g/mol. The molecule has 0 amide bonds. The van der Waals surface area contributed by atoms with Crippen molar-refractivity contribution in [3.8, 4) is 0 Å². The summed E-state index contributed by atoms with van der Waals surface area (Å²) in [5.41, 5.74) is -0.612. The van der Waals surface area contributed by atoms with Crippen molar-refractivity contribution in [3.05, 3.63) is 0 Å². The van der Waals surface area contributed by atoms with Crippen molar-refractivity contribution < 1.29 is 43.0 Å². The molecule has 4 atom stereocenters. The number of aliphatic hydroxyl groups is 1. The van der Waals surface area contributed by atoms with Gasteiger partial charge < -0.3 is 43.0 Å². The van der Waals surface area contributed by atoms with E-state index in [0.29, 0.717) is 65.9 Å². The molecule has 0 aromatic carbocycles. The summed E-state index contributed by atoms with van der Waals surface area (Å²) >= 11 is 0. The van der Waals surface area contributed by atoms with E-state index in [4.69, 9.17) is 43.0 Å². The number of fused-ring (bicyclic) bond motifs is 4.